The number of hydrogen-bond donors (Lipinski definition) is 0. The number of aliphatic imine (C=N–C) groups is 1. The lowest BCUT2D eigenvalue weighted by Gasteiger charge is -2.21. The quantitative estimate of drug-likeness (QED) is 0.245. The smallest absolute Gasteiger partial charge is 0.377 e. The van der Waals surface area contributed by atoms with Crippen molar-refractivity contribution in [1.82, 2.24) is 5.01 Å². The molecular weight excluding hydrogens is 232 g/mol. The average molecular weight is 245 g/mol. The number of carbonyl (C=O) groups is 1. The molecule has 17 heavy (non-hydrogen) atoms. The second kappa shape index (κ2) is 5.62. The lowest BCUT2D eigenvalue weighted by Crippen LogP contribution is -2.36. The zero-order valence-corrected chi connectivity index (χ0v) is 9.40. The third-order valence-electron chi connectivity index (χ3n) is 2.22. The van der Waals surface area contributed by atoms with Crippen molar-refractivity contribution in [3.63, 3.8) is 0 Å². The van der Waals surface area contributed by atoms with E-state index >= 15 is 0 Å². The first-order valence-electron chi connectivity index (χ1n) is 4.91. The number of nitrogens with zero attached hydrogens (tertiary/aromatic N) is 3. The maximum absolute atomic E-state index is 13.0. The first-order valence-corrected chi connectivity index (χ1v) is 4.91. The van der Waals surface area contributed by atoms with Crippen LogP contribution in [0, 0.1) is 0 Å². The minimum absolute atomic E-state index is 0.0809. The molecule has 0 spiro atoms. The molecule has 7 heteroatoms. The monoisotopic (exact) mass is 245 g/mol. The van der Waals surface area contributed by atoms with E-state index in [1.807, 2.05) is 0 Å². The summed E-state index contributed by atoms with van der Waals surface area (Å²) >= 11 is 0. The van der Waals surface area contributed by atoms with Gasteiger partial charge < -0.3 is 4.74 Å². The van der Waals surface area contributed by atoms with Crippen LogP contribution in [0.25, 0.3) is 0 Å². The summed E-state index contributed by atoms with van der Waals surface area (Å²) in [6.45, 7) is 4.14. The molecule has 0 saturated heterocycles. The molecule has 94 valence electrons. The number of likely N-dealkylation sites (N-methyl/N-ethyl adjacent to an activating group) is 1. The molecule has 1 rings (SSSR count). The summed E-state index contributed by atoms with van der Waals surface area (Å²) in [6.07, 6.45) is 1.75. The average Bonchev–Trinajstić information content (AvgIpc) is 2.36. The van der Waals surface area contributed by atoms with Gasteiger partial charge in [0.1, 0.15) is 0 Å². The van der Waals surface area contributed by atoms with Gasteiger partial charge in [-0.15, -0.1) is 0 Å². The molecule has 1 aliphatic rings. The molecule has 0 saturated carbocycles. The fourth-order valence-corrected chi connectivity index (χ4v) is 1.21. The Hall–Kier alpha value is -1.63. The van der Waals surface area contributed by atoms with Crippen LogP contribution in [0.1, 0.15) is 6.42 Å². The van der Waals surface area contributed by atoms with Crippen molar-refractivity contribution < 1.29 is 18.3 Å². The third-order valence-corrected chi connectivity index (χ3v) is 2.22. The topological polar surface area (TPSA) is 54.3 Å². The van der Waals surface area contributed by atoms with Crippen molar-refractivity contribution in [3.05, 3.63) is 11.6 Å². The Kier molecular flexibility index (Phi) is 4.45. The molecule has 0 atom stereocenters. The molecule has 0 bridgehead atoms. The predicted molar refractivity (Wildman–Crippen MR) is 59.3 cm³/mol. The van der Waals surface area contributed by atoms with E-state index in [-0.39, 0.29) is 10.8 Å². The van der Waals surface area contributed by atoms with Crippen LogP contribution >= 0.6 is 0 Å². The van der Waals surface area contributed by atoms with E-state index < -0.39 is 12.3 Å². The van der Waals surface area contributed by atoms with E-state index in [0.29, 0.717) is 25.2 Å². The largest absolute Gasteiger partial charge is 0.396 e. The van der Waals surface area contributed by atoms with Crippen LogP contribution in [0.3, 0.4) is 0 Å². The molecule has 0 aromatic carbocycles. The van der Waals surface area contributed by atoms with Crippen LogP contribution in [0.5, 0.6) is 0 Å². The van der Waals surface area contributed by atoms with E-state index in [0.717, 1.165) is 7.05 Å². The van der Waals surface area contributed by atoms with Gasteiger partial charge in [-0.2, -0.15) is 13.9 Å². The molecule has 1 heterocycles. The van der Waals surface area contributed by atoms with E-state index in [1.165, 1.54) is 0 Å². The lowest BCUT2D eigenvalue weighted by molar-refractivity contribution is -0.157. The highest BCUT2D eigenvalue weighted by molar-refractivity contribution is 6.00. The number of rotatable bonds is 4. The minimum atomic E-state index is -3.65. The molecule has 0 fully saturated rings. The Morgan fingerprint density at radius 3 is 2.88 bits per heavy atom. The molecule has 0 unspecified atom stereocenters. The van der Waals surface area contributed by atoms with Crippen LogP contribution in [0.15, 0.2) is 21.7 Å². The molecule has 0 aromatic rings. The van der Waals surface area contributed by atoms with Gasteiger partial charge in [0, 0.05) is 7.05 Å². The van der Waals surface area contributed by atoms with Gasteiger partial charge in [-0.1, -0.05) is 6.08 Å². The van der Waals surface area contributed by atoms with Crippen LogP contribution in [-0.4, -0.2) is 50.2 Å². The van der Waals surface area contributed by atoms with E-state index in [9.17, 15) is 13.6 Å². The van der Waals surface area contributed by atoms with Crippen LogP contribution < -0.4 is 0 Å². The normalized spacial score (nSPS) is 17.4. The SMILES string of the molecule is C=N/C(=N\N(C)C(F)(F)C=O)C1=CCOCC1. The summed E-state index contributed by atoms with van der Waals surface area (Å²) in [6, 6.07) is -3.65. The van der Waals surface area contributed by atoms with Crippen molar-refractivity contribution in [2.45, 2.75) is 12.5 Å². The highest BCUT2D eigenvalue weighted by atomic mass is 19.3. The lowest BCUT2D eigenvalue weighted by atomic mass is 10.1. The molecule has 0 radical (unpaired) electrons. The number of aldehydes is 1. The molecule has 0 N–H and O–H groups in total. The fourth-order valence-electron chi connectivity index (χ4n) is 1.21. The number of hydrogen-bond acceptors (Lipinski definition) is 4. The van der Waals surface area contributed by atoms with Gasteiger partial charge in [-0.25, -0.2) is 10.0 Å². The van der Waals surface area contributed by atoms with Gasteiger partial charge in [-0.3, -0.25) is 4.79 Å². The fraction of sp³-hybridized carbons (Fsp3) is 0.500. The minimum Gasteiger partial charge on any atom is -0.377 e. The number of carbonyl (C=O) groups excluding carboxylic acids is 1. The summed E-state index contributed by atoms with van der Waals surface area (Å²) < 4.78 is 31.0. The Bertz CT molecular complexity index is 367. The third kappa shape index (κ3) is 3.42. The highest BCUT2D eigenvalue weighted by Crippen LogP contribution is 2.17. The standard InChI is InChI=1S/C10H13F2N3O2/c1-13-9(8-3-5-17-6-4-8)14-15(2)10(11,12)7-16/h3,7H,1,4-6H2,2H3/b14-9-. The number of alkyl halides is 2. The molecule has 0 aliphatic carbocycles. The second-order valence-corrected chi connectivity index (χ2v) is 3.37. The van der Waals surface area contributed by atoms with Crippen molar-refractivity contribution in [2.75, 3.05) is 20.3 Å². The predicted octanol–water partition coefficient (Wildman–Crippen LogP) is 1.07. The summed E-state index contributed by atoms with van der Waals surface area (Å²) in [4.78, 5) is 13.8. The van der Waals surface area contributed by atoms with Crippen molar-refractivity contribution in [2.24, 2.45) is 10.1 Å². The van der Waals surface area contributed by atoms with Crippen LogP contribution in [0.2, 0.25) is 0 Å². The summed E-state index contributed by atoms with van der Waals surface area (Å²) in [5.74, 6) is 0.0809. The zero-order chi connectivity index (χ0) is 12.9. The first-order chi connectivity index (χ1) is 8.01. The molecule has 1 aliphatic heterocycles. The van der Waals surface area contributed by atoms with E-state index in [2.05, 4.69) is 16.8 Å². The highest BCUT2D eigenvalue weighted by Gasteiger charge is 2.34. The zero-order valence-electron chi connectivity index (χ0n) is 9.40. The van der Waals surface area contributed by atoms with Crippen molar-refractivity contribution in [3.8, 4) is 0 Å². The van der Waals surface area contributed by atoms with Gasteiger partial charge in [-0.05, 0) is 18.7 Å². The molecular formula is C10H13F2N3O2. The summed E-state index contributed by atoms with van der Waals surface area (Å²) in [5.41, 5.74) is 0.680. The maximum Gasteiger partial charge on any atom is 0.396 e. The Morgan fingerprint density at radius 1 is 1.71 bits per heavy atom. The number of ether oxygens (including phenoxy) is 1. The van der Waals surface area contributed by atoms with Gasteiger partial charge in [0.15, 0.2) is 5.84 Å². The first kappa shape index (κ1) is 13.4. The molecule has 0 amide bonds. The maximum atomic E-state index is 13.0. The van der Waals surface area contributed by atoms with Gasteiger partial charge in [0.2, 0.25) is 6.29 Å². The van der Waals surface area contributed by atoms with E-state index in [4.69, 9.17) is 4.74 Å². The van der Waals surface area contributed by atoms with Gasteiger partial charge in [0.25, 0.3) is 0 Å². The Morgan fingerprint density at radius 2 is 2.41 bits per heavy atom. The van der Waals surface area contributed by atoms with Gasteiger partial charge >= 0.3 is 6.05 Å². The number of amidine groups is 1. The van der Waals surface area contributed by atoms with Crippen LogP contribution in [-0.2, 0) is 9.53 Å². The summed E-state index contributed by atoms with van der Waals surface area (Å²) in [7, 11) is 0.999. The number of hydrazone groups is 1. The van der Waals surface area contributed by atoms with Crippen molar-refractivity contribution >= 4 is 18.8 Å². The molecule has 0 aromatic heterocycles. The van der Waals surface area contributed by atoms with Crippen molar-refractivity contribution in [1.29, 1.82) is 0 Å². The van der Waals surface area contributed by atoms with Crippen LogP contribution in [0.4, 0.5) is 8.78 Å². The molecule has 5 nitrogen and oxygen atoms in total. The summed E-state index contributed by atoms with van der Waals surface area (Å²) in [5, 5.41) is 3.84. The Labute approximate surface area is 97.5 Å². The Balaban J connectivity index is 2.90. The number of halogens is 2. The van der Waals surface area contributed by atoms with E-state index in [1.54, 1.807) is 6.08 Å². The van der Waals surface area contributed by atoms with Gasteiger partial charge in [0.05, 0.1) is 13.2 Å². The second-order valence-electron chi connectivity index (χ2n) is 3.37.